The highest BCUT2D eigenvalue weighted by atomic mass is 79.9. The number of rotatable bonds is 3. The van der Waals surface area contributed by atoms with Crippen LogP contribution in [0.1, 0.15) is 5.56 Å². The normalized spacial score (nSPS) is 10.2. The molecule has 1 heterocycles. The molecule has 0 atom stereocenters. The Bertz CT molecular complexity index is 575. The summed E-state index contributed by atoms with van der Waals surface area (Å²) in [6.07, 6.45) is 1.37. The van der Waals surface area contributed by atoms with Gasteiger partial charge in [-0.05, 0) is 41.1 Å². The molecule has 0 aliphatic heterocycles. The van der Waals surface area contributed by atoms with Gasteiger partial charge in [-0.3, -0.25) is 0 Å². The van der Waals surface area contributed by atoms with Gasteiger partial charge in [0.1, 0.15) is 23.8 Å². The van der Waals surface area contributed by atoms with Crippen LogP contribution in [-0.2, 0) is 0 Å². The molecule has 18 heavy (non-hydrogen) atoms. The van der Waals surface area contributed by atoms with E-state index >= 15 is 0 Å². The summed E-state index contributed by atoms with van der Waals surface area (Å²) < 4.78 is 13.8. The van der Waals surface area contributed by atoms with Crippen molar-refractivity contribution in [2.75, 3.05) is 10.7 Å². The summed E-state index contributed by atoms with van der Waals surface area (Å²) in [5.41, 5.74) is 3.82. The molecule has 0 saturated carbocycles. The first-order valence-corrected chi connectivity index (χ1v) is 5.91. The van der Waals surface area contributed by atoms with Gasteiger partial charge >= 0.3 is 0 Å². The molecule has 0 aliphatic rings. The minimum Gasteiger partial charge on any atom is -0.340 e. The molecule has 4 N–H and O–H groups in total. The Labute approximate surface area is 112 Å². The van der Waals surface area contributed by atoms with Crippen LogP contribution >= 0.6 is 15.9 Å². The van der Waals surface area contributed by atoms with E-state index in [1.165, 1.54) is 12.4 Å². The van der Waals surface area contributed by atoms with Crippen LogP contribution in [0.25, 0.3) is 0 Å². The number of halogens is 2. The number of nitrogen functional groups attached to an aromatic ring is 1. The predicted octanol–water partition coefficient (Wildman–Crippen LogP) is 2.72. The summed E-state index contributed by atoms with van der Waals surface area (Å²) in [4.78, 5) is 8.04. The average Bonchev–Trinajstić information content (AvgIpc) is 2.36. The van der Waals surface area contributed by atoms with Gasteiger partial charge in [0.25, 0.3) is 0 Å². The van der Waals surface area contributed by atoms with Gasteiger partial charge in [0, 0.05) is 11.3 Å². The van der Waals surface area contributed by atoms with Gasteiger partial charge in [-0.25, -0.2) is 20.2 Å². The lowest BCUT2D eigenvalue weighted by Crippen LogP contribution is -2.11. The molecular formula is C11H11BrFN5. The van der Waals surface area contributed by atoms with E-state index < -0.39 is 0 Å². The Balaban J connectivity index is 2.31. The summed E-state index contributed by atoms with van der Waals surface area (Å²) in [6.45, 7) is 1.81. The van der Waals surface area contributed by atoms with Crippen LogP contribution in [0, 0.1) is 12.7 Å². The maximum Gasteiger partial charge on any atom is 0.148 e. The largest absolute Gasteiger partial charge is 0.340 e. The van der Waals surface area contributed by atoms with E-state index in [0.29, 0.717) is 21.8 Å². The average molecular weight is 312 g/mol. The van der Waals surface area contributed by atoms with Crippen LogP contribution in [-0.4, -0.2) is 9.97 Å². The van der Waals surface area contributed by atoms with Crippen molar-refractivity contribution in [1.82, 2.24) is 9.97 Å². The smallest absolute Gasteiger partial charge is 0.148 e. The van der Waals surface area contributed by atoms with E-state index in [2.05, 4.69) is 36.6 Å². The van der Waals surface area contributed by atoms with Gasteiger partial charge in [0.15, 0.2) is 0 Å². The summed E-state index contributed by atoms with van der Waals surface area (Å²) in [5.74, 6) is 6.07. The summed E-state index contributed by atoms with van der Waals surface area (Å²) in [5, 5.41) is 3.01. The molecule has 0 radical (unpaired) electrons. The van der Waals surface area contributed by atoms with Crippen molar-refractivity contribution >= 4 is 33.3 Å². The van der Waals surface area contributed by atoms with Gasteiger partial charge < -0.3 is 10.7 Å². The van der Waals surface area contributed by atoms with Crippen molar-refractivity contribution < 1.29 is 4.39 Å². The van der Waals surface area contributed by atoms with E-state index in [1.54, 1.807) is 12.1 Å². The van der Waals surface area contributed by atoms with Crippen molar-refractivity contribution in [3.63, 3.8) is 0 Å². The van der Waals surface area contributed by atoms with E-state index in [-0.39, 0.29) is 5.82 Å². The highest BCUT2D eigenvalue weighted by Crippen LogP contribution is 2.24. The summed E-state index contributed by atoms with van der Waals surface area (Å²) in [7, 11) is 0. The van der Waals surface area contributed by atoms with E-state index in [1.807, 2.05) is 6.92 Å². The lowest BCUT2D eigenvalue weighted by Gasteiger charge is -2.11. The molecule has 94 valence electrons. The molecule has 5 nitrogen and oxygen atoms in total. The zero-order chi connectivity index (χ0) is 13.1. The highest BCUT2D eigenvalue weighted by molar-refractivity contribution is 9.10. The third-order valence-corrected chi connectivity index (χ3v) is 3.05. The first-order valence-electron chi connectivity index (χ1n) is 5.12. The second-order valence-corrected chi connectivity index (χ2v) is 4.45. The molecule has 0 bridgehead atoms. The Morgan fingerprint density at radius 2 is 2.00 bits per heavy atom. The first-order chi connectivity index (χ1) is 8.61. The standard InChI is InChI=1S/C11H11BrFN5/c1-6-10(15-5-16-11(6)18-14)17-7-2-3-8(12)9(13)4-7/h2-5H,14H2,1H3,(H2,15,16,17,18). The van der Waals surface area contributed by atoms with E-state index in [0.717, 1.165) is 5.56 Å². The van der Waals surface area contributed by atoms with Crippen LogP contribution < -0.4 is 16.6 Å². The van der Waals surface area contributed by atoms with Crippen molar-refractivity contribution in [2.24, 2.45) is 5.84 Å². The molecule has 0 spiro atoms. The topological polar surface area (TPSA) is 75.9 Å². The maximum atomic E-state index is 13.4. The van der Waals surface area contributed by atoms with Crippen molar-refractivity contribution in [3.05, 3.63) is 40.4 Å². The fourth-order valence-corrected chi connectivity index (χ4v) is 1.68. The molecule has 1 aromatic heterocycles. The molecule has 1 aromatic carbocycles. The highest BCUT2D eigenvalue weighted by Gasteiger charge is 2.07. The quantitative estimate of drug-likeness (QED) is 0.600. The van der Waals surface area contributed by atoms with E-state index in [4.69, 9.17) is 5.84 Å². The molecule has 7 heteroatoms. The molecule has 0 amide bonds. The Kier molecular flexibility index (Phi) is 3.73. The maximum absolute atomic E-state index is 13.4. The van der Waals surface area contributed by atoms with Gasteiger partial charge in [-0.2, -0.15) is 0 Å². The second kappa shape index (κ2) is 5.28. The number of hydrogen-bond donors (Lipinski definition) is 3. The third kappa shape index (κ3) is 2.57. The number of hydrogen-bond acceptors (Lipinski definition) is 5. The Morgan fingerprint density at radius 3 is 2.67 bits per heavy atom. The fraction of sp³-hybridized carbons (Fsp3) is 0.0909. The monoisotopic (exact) mass is 311 g/mol. The van der Waals surface area contributed by atoms with Crippen molar-refractivity contribution in [3.8, 4) is 0 Å². The molecule has 0 aliphatic carbocycles. The molecule has 0 unspecified atom stereocenters. The number of nitrogens with zero attached hydrogens (tertiary/aromatic N) is 2. The number of nitrogens with one attached hydrogen (secondary N) is 2. The van der Waals surface area contributed by atoms with Gasteiger partial charge in [-0.1, -0.05) is 0 Å². The molecule has 0 saturated heterocycles. The SMILES string of the molecule is Cc1c(NN)ncnc1Nc1ccc(Br)c(F)c1. The minimum absolute atomic E-state index is 0.344. The molecule has 2 rings (SSSR count). The molecular weight excluding hydrogens is 301 g/mol. The van der Waals surface area contributed by atoms with Crippen LogP contribution in [0.5, 0.6) is 0 Å². The fourth-order valence-electron chi connectivity index (χ4n) is 1.43. The first kappa shape index (κ1) is 12.7. The molecule has 0 fully saturated rings. The number of anilines is 3. The second-order valence-electron chi connectivity index (χ2n) is 3.59. The van der Waals surface area contributed by atoms with Gasteiger partial charge in [0.05, 0.1) is 4.47 Å². The van der Waals surface area contributed by atoms with Crippen LogP contribution in [0.2, 0.25) is 0 Å². The zero-order valence-electron chi connectivity index (χ0n) is 9.54. The number of hydrazine groups is 1. The van der Waals surface area contributed by atoms with Gasteiger partial charge in [0.2, 0.25) is 0 Å². The number of nitrogens with two attached hydrogens (primary N) is 1. The number of aromatic nitrogens is 2. The van der Waals surface area contributed by atoms with Crippen molar-refractivity contribution in [2.45, 2.75) is 6.92 Å². The summed E-state index contributed by atoms with van der Waals surface area (Å²) >= 11 is 3.10. The predicted molar refractivity (Wildman–Crippen MR) is 72.0 cm³/mol. The third-order valence-electron chi connectivity index (χ3n) is 2.40. The lowest BCUT2D eigenvalue weighted by molar-refractivity contribution is 0.622. The van der Waals surface area contributed by atoms with E-state index in [9.17, 15) is 4.39 Å². The van der Waals surface area contributed by atoms with Crippen LogP contribution in [0.4, 0.5) is 21.7 Å². The van der Waals surface area contributed by atoms with Crippen molar-refractivity contribution in [1.29, 1.82) is 0 Å². The number of benzene rings is 1. The Morgan fingerprint density at radius 1 is 1.28 bits per heavy atom. The lowest BCUT2D eigenvalue weighted by atomic mass is 10.2. The molecule has 2 aromatic rings. The summed E-state index contributed by atoms with van der Waals surface area (Å²) in [6, 6.07) is 4.74. The van der Waals surface area contributed by atoms with Gasteiger partial charge in [-0.15, -0.1) is 0 Å². The minimum atomic E-state index is -0.344. The Hall–Kier alpha value is -1.73. The van der Waals surface area contributed by atoms with Crippen LogP contribution in [0.3, 0.4) is 0 Å². The van der Waals surface area contributed by atoms with Crippen LogP contribution in [0.15, 0.2) is 29.0 Å². The zero-order valence-corrected chi connectivity index (χ0v) is 11.1.